The van der Waals surface area contributed by atoms with Gasteiger partial charge >= 0.3 is 0 Å². The minimum atomic E-state index is -0.348. The summed E-state index contributed by atoms with van der Waals surface area (Å²) in [5.41, 5.74) is 3.25. The van der Waals surface area contributed by atoms with E-state index in [0.717, 1.165) is 49.9 Å². The summed E-state index contributed by atoms with van der Waals surface area (Å²) in [6.07, 6.45) is 6.81. The molecule has 11 nitrogen and oxygen atoms in total. The number of aromatic nitrogens is 2. The highest BCUT2D eigenvalue weighted by molar-refractivity contribution is 6.02. The van der Waals surface area contributed by atoms with Gasteiger partial charge in [0.25, 0.3) is 0 Å². The molecular weight excluding hydrogens is 625 g/mol. The normalized spacial score (nSPS) is 17.9. The van der Waals surface area contributed by atoms with E-state index in [0.29, 0.717) is 53.3 Å². The van der Waals surface area contributed by atoms with Crippen LogP contribution in [-0.4, -0.2) is 72.8 Å². The molecule has 2 N–H and O–H groups in total. The van der Waals surface area contributed by atoms with Crippen molar-refractivity contribution >= 4 is 34.6 Å². The lowest BCUT2D eigenvalue weighted by atomic mass is 10.0. The number of anilines is 5. The summed E-state index contributed by atoms with van der Waals surface area (Å²) in [7, 11) is 1.63. The van der Waals surface area contributed by atoms with Crippen molar-refractivity contribution in [3.05, 3.63) is 97.1 Å². The highest BCUT2D eigenvalue weighted by atomic mass is 19.1. The number of nitrogens with zero attached hydrogens (tertiary/aromatic N) is 5. The van der Waals surface area contributed by atoms with Gasteiger partial charge in [0.15, 0.2) is 5.82 Å². The van der Waals surface area contributed by atoms with E-state index in [4.69, 9.17) is 14.3 Å². The average Bonchev–Trinajstić information content (AvgIpc) is 3.87. The van der Waals surface area contributed by atoms with Crippen LogP contribution in [0.1, 0.15) is 24.8 Å². The summed E-state index contributed by atoms with van der Waals surface area (Å²) in [5, 5.41) is 8.19. The summed E-state index contributed by atoms with van der Waals surface area (Å²) < 4.78 is 25.4. The number of hydroxylamine groups is 1. The SMILES string of the molecule is C=CC(=O)Nc1cc(Nc2cc(N3OCC[C@@H]3Cc3cccc(Oc4cccc(F)c4)c3)ncn2)c(OC)cc1N1CCN(C2CC2)CC1. The molecule has 2 aliphatic heterocycles. The molecule has 12 heteroatoms. The number of ether oxygens (including phenoxy) is 2. The van der Waals surface area contributed by atoms with Gasteiger partial charge in [0.05, 0.1) is 36.8 Å². The first-order valence-corrected chi connectivity index (χ1v) is 16.6. The fourth-order valence-electron chi connectivity index (χ4n) is 6.45. The molecular formula is C37H40FN7O4. The van der Waals surface area contributed by atoms with E-state index in [2.05, 4.69) is 37.0 Å². The van der Waals surface area contributed by atoms with Crippen molar-refractivity contribution in [1.82, 2.24) is 14.9 Å². The first-order valence-electron chi connectivity index (χ1n) is 16.6. The molecule has 3 aliphatic rings. The maximum absolute atomic E-state index is 13.7. The number of hydrogen-bond donors (Lipinski definition) is 2. The summed E-state index contributed by atoms with van der Waals surface area (Å²) in [6, 6.07) is 20.3. The molecule has 4 aromatic rings. The summed E-state index contributed by atoms with van der Waals surface area (Å²) in [6.45, 7) is 7.88. The molecule has 1 amide bonds. The number of piperazine rings is 1. The third-order valence-electron chi connectivity index (χ3n) is 9.04. The lowest BCUT2D eigenvalue weighted by molar-refractivity contribution is -0.111. The van der Waals surface area contributed by atoms with Crippen LogP contribution in [0.5, 0.6) is 17.2 Å². The van der Waals surface area contributed by atoms with Gasteiger partial charge in [0, 0.05) is 50.4 Å². The molecule has 254 valence electrons. The number of nitrogens with one attached hydrogen (secondary N) is 2. The zero-order valence-corrected chi connectivity index (χ0v) is 27.5. The number of amides is 1. The third kappa shape index (κ3) is 7.76. The number of carbonyl (C=O) groups is 1. The Hall–Kier alpha value is -5.20. The van der Waals surface area contributed by atoms with E-state index in [1.807, 2.05) is 47.5 Å². The van der Waals surface area contributed by atoms with E-state index in [1.165, 1.54) is 37.4 Å². The van der Waals surface area contributed by atoms with Crippen LogP contribution < -0.4 is 30.1 Å². The van der Waals surface area contributed by atoms with Crippen LogP contribution in [0.2, 0.25) is 0 Å². The first-order chi connectivity index (χ1) is 23.9. The lowest BCUT2D eigenvalue weighted by Crippen LogP contribution is -2.47. The summed E-state index contributed by atoms with van der Waals surface area (Å²) >= 11 is 0. The predicted molar refractivity (Wildman–Crippen MR) is 187 cm³/mol. The van der Waals surface area contributed by atoms with Gasteiger partial charge in [-0.2, -0.15) is 0 Å². The highest BCUT2D eigenvalue weighted by Gasteiger charge is 2.32. The molecule has 3 aromatic carbocycles. The summed E-state index contributed by atoms with van der Waals surface area (Å²) in [5.74, 6) is 2.20. The average molecular weight is 666 g/mol. The van der Waals surface area contributed by atoms with Gasteiger partial charge < -0.3 is 25.0 Å². The van der Waals surface area contributed by atoms with Crippen LogP contribution in [0.15, 0.2) is 85.7 Å². The Labute approximate surface area is 285 Å². The van der Waals surface area contributed by atoms with Crippen molar-refractivity contribution in [3.63, 3.8) is 0 Å². The Balaban J connectivity index is 1.08. The number of benzene rings is 3. The molecule has 0 spiro atoms. The molecule has 0 radical (unpaired) electrons. The van der Waals surface area contributed by atoms with Gasteiger partial charge in [-0.05, 0) is 67.7 Å². The van der Waals surface area contributed by atoms with E-state index in [-0.39, 0.29) is 17.8 Å². The van der Waals surface area contributed by atoms with E-state index < -0.39 is 0 Å². The van der Waals surface area contributed by atoms with Gasteiger partial charge in [-0.3, -0.25) is 14.5 Å². The second kappa shape index (κ2) is 14.5. The van der Waals surface area contributed by atoms with Gasteiger partial charge in [0.2, 0.25) is 5.91 Å². The maximum Gasteiger partial charge on any atom is 0.247 e. The monoisotopic (exact) mass is 665 g/mol. The smallest absolute Gasteiger partial charge is 0.247 e. The lowest BCUT2D eigenvalue weighted by Gasteiger charge is -2.37. The molecule has 0 unspecified atom stereocenters. The van der Waals surface area contributed by atoms with Crippen molar-refractivity contribution in [2.45, 2.75) is 37.8 Å². The fourth-order valence-corrected chi connectivity index (χ4v) is 6.45. The van der Waals surface area contributed by atoms with Crippen LogP contribution in [-0.2, 0) is 16.1 Å². The molecule has 3 fully saturated rings. The topological polar surface area (TPSA) is 104 Å². The van der Waals surface area contributed by atoms with Crippen molar-refractivity contribution in [2.24, 2.45) is 0 Å². The maximum atomic E-state index is 13.7. The Bertz CT molecular complexity index is 1810. The zero-order chi connectivity index (χ0) is 33.7. The molecule has 1 saturated carbocycles. The molecule has 7 rings (SSSR count). The van der Waals surface area contributed by atoms with Gasteiger partial charge in [-0.1, -0.05) is 24.8 Å². The van der Waals surface area contributed by atoms with Gasteiger partial charge in [0.1, 0.15) is 35.2 Å². The van der Waals surface area contributed by atoms with Crippen LogP contribution in [0.3, 0.4) is 0 Å². The van der Waals surface area contributed by atoms with Crippen LogP contribution in [0.4, 0.5) is 33.1 Å². The quantitative estimate of drug-likeness (QED) is 0.167. The van der Waals surface area contributed by atoms with E-state index >= 15 is 0 Å². The Morgan fingerprint density at radius 1 is 1.00 bits per heavy atom. The van der Waals surface area contributed by atoms with Crippen molar-refractivity contribution in [1.29, 1.82) is 0 Å². The predicted octanol–water partition coefficient (Wildman–Crippen LogP) is 6.32. The molecule has 1 aliphatic carbocycles. The third-order valence-corrected chi connectivity index (χ3v) is 9.04. The van der Waals surface area contributed by atoms with Crippen molar-refractivity contribution in [2.75, 3.05) is 60.5 Å². The Morgan fingerprint density at radius 3 is 2.55 bits per heavy atom. The highest BCUT2D eigenvalue weighted by Crippen LogP contribution is 2.40. The number of carbonyl (C=O) groups excluding carboxylic acids is 1. The minimum Gasteiger partial charge on any atom is -0.494 e. The van der Waals surface area contributed by atoms with Crippen LogP contribution in [0.25, 0.3) is 0 Å². The molecule has 1 aromatic heterocycles. The van der Waals surface area contributed by atoms with Crippen LogP contribution in [0, 0.1) is 5.82 Å². The minimum absolute atomic E-state index is 0.0158. The van der Waals surface area contributed by atoms with Crippen molar-refractivity contribution < 1.29 is 23.5 Å². The standard InChI is InChI=1S/C37H40FN7O4/c1-3-37(46)42-31-21-32(34(47-2)22-33(31)44-15-13-43(14-16-44)27-10-11-27)41-35-23-36(40-24-39-35)45-28(12-17-48-45)18-25-6-4-8-29(19-25)49-30-9-5-7-26(38)20-30/h3-9,19-24,27-28H,1,10-18H2,2H3,(H,42,46)(H,39,40,41)/t28-/m1/s1. The Morgan fingerprint density at radius 2 is 1.80 bits per heavy atom. The van der Waals surface area contributed by atoms with E-state index in [9.17, 15) is 9.18 Å². The fraction of sp³-hybridized carbons (Fsp3) is 0.324. The molecule has 0 bridgehead atoms. The number of methoxy groups -OCH3 is 1. The first kappa shape index (κ1) is 32.4. The number of rotatable bonds is 12. The van der Waals surface area contributed by atoms with Gasteiger partial charge in [-0.15, -0.1) is 0 Å². The second-order valence-corrected chi connectivity index (χ2v) is 12.4. The van der Waals surface area contributed by atoms with E-state index in [1.54, 1.807) is 19.2 Å². The van der Waals surface area contributed by atoms with Crippen molar-refractivity contribution in [3.8, 4) is 17.2 Å². The van der Waals surface area contributed by atoms with Gasteiger partial charge in [-0.25, -0.2) is 19.4 Å². The summed E-state index contributed by atoms with van der Waals surface area (Å²) in [4.78, 5) is 32.4. The molecule has 49 heavy (non-hydrogen) atoms. The largest absolute Gasteiger partial charge is 0.494 e. The number of hydrogen-bond acceptors (Lipinski definition) is 10. The molecule has 1 atom stereocenters. The van der Waals surface area contributed by atoms with Crippen LogP contribution >= 0.6 is 0 Å². The zero-order valence-electron chi connectivity index (χ0n) is 27.5. The molecule has 2 saturated heterocycles. The second-order valence-electron chi connectivity index (χ2n) is 12.4. The number of halogens is 1. The molecule has 3 heterocycles. The Kier molecular flexibility index (Phi) is 9.58.